The van der Waals surface area contributed by atoms with Crippen molar-refractivity contribution in [3.63, 3.8) is 0 Å². The third-order valence-corrected chi connectivity index (χ3v) is 4.80. The van der Waals surface area contributed by atoms with Crippen LogP contribution in [0.4, 0.5) is 0 Å². The second-order valence-corrected chi connectivity index (χ2v) is 7.38. The summed E-state index contributed by atoms with van der Waals surface area (Å²) in [7, 11) is 0. The SMILES string of the molecule is Clc1cccc(OCCCCCCCN2CCCCCC2)c1.O=C(O)C(=O)O. The maximum Gasteiger partial charge on any atom is 0.414 e. The van der Waals surface area contributed by atoms with Gasteiger partial charge in [-0.15, -0.1) is 0 Å². The lowest BCUT2D eigenvalue weighted by atomic mass is 10.1. The minimum Gasteiger partial charge on any atom is -0.494 e. The van der Waals surface area contributed by atoms with Crippen LogP contribution in [0.3, 0.4) is 0 Å². The quantitative estimate of drug-likeness (QED) is 0.450. The van der Waals surface area contributed by atoms with Crippen LogP contribution in [-0.4, -0.2) is 53.3 Å². The van der Waals surface area contributed by atoms with Gasteiger partial charge >= 0.3 is 11.9 Å². The Morgan fingerprint density at radius 2 is 1.54 bits per heavy atom. The Morgan fingerprint density at radius 1 is 0.929 bits per heavy atom. The number of rotatable bonds is 9. The van der Waals surface area contributed by atoms with Gasteiger partial charge in [0.2, 0.25) is 0 Å². The Kier molecular flexibility index (Phi) is 13.1. The number of halogens is 1. The molecule has 1 fully saturated rings. The summed E-state index contributed by atoms with van der Waals surface area (Å²) in [6, 6.07) is 7.65. The molecular formula is C21H32ClNO5. The molecule has 1 aliphatic rings. The Hall–Kier alpha value is -1.79. The molecule has 0 spiro atoms. The third kappa shape index (κ3) is 12.6. The third-order valence-electron chi connectivity index (χ3n) is 4.57. The molecule has 1 saturated heterocycles. The van der Waals surface area contributed by atoms with Crippen LogP contribution in [-0.2, 0) is 9.59 Å². The van der Waals surface area contributed by atoms with Gasteiger partial charge in [-0.3, -0.25) is 0 Å². The van der Waals surface area contributed by atoms with Crippen LogP contribution in [0, 0.1) is 0 Å². The number of benzene rings is 1. The molecule has 0 aliphatic carbocycles. The fourth-order valence-electron chi connectivity index (χ4n) is 3.07. The van der Waals surface area contributed by atoms with Gasteiger partial charge in [0, 0.05) is 5.02 Å². The molecule has 0 unspecified atom stereocenters. The second-order valence-electron chi connectivity index (χ2n) is 6.94. The summed E-state index contributed by atoms with van der Waals surface area (Å²) in [4.78, 5) is 20.9. The minimum atomic E-state index is -1.82. The van der Waals surface area contributed by atoms with E-state index in [1.54, 1.807) is 0 Å². The zero-order chi connectivity index (χ0) is 20.6. The number of likely N-dealkylation sites (tertiary alicyclic amines) is 1. The maximum absolute atomic E-state index is 9.10. The van der Waals surface area contributed by atoms with Crippen molar-refractivity contribution in [1.29, 1.82) is 0 Å². The highest BCUT2D eigenvalue weighted by Gasteiger charge is 2.07. The Bertz CT molecular complexity index is 562. The summed E-state index contributed by atoms with van der Waals surface area (Å²) in [6.45, 7) is 4.76. The van der Waals surface area contributed by atoms with E-state index in [1.807, 2.05) is 24.3 Å². The van der Waals surface area contributed by atoms with Gasteiger partial charge in [-0.25, -0.2) is 9.59 Å². The molecular weight excluding hydrogens is 382 g/mol. The molecule has 0 saturated carbocycles. The van der Waals surface area contributed by atoms with Crippen LogP contribution in [0.25, 0.3) is 0 Å². The number of nitrogens with zero attached hydrogens (tertiary/aromatic N) is 1. The van der Waals surface area contributed by atoms with Gasteiger partial charge in [0.1, 0.15) is 5.75 Å². The largest absolute Gasteiger partial charge is 0.494 e. The first kappa shape index (κ1) is 24.2. The molecule has 7 heteroatoms. The molecule has 2 N–H and O–H groups in total. The van der Waals surface area contributed by atoms with Crippen LogP contribution in [0.5, 0.6) is 5.75 Å². The van der Waals surface area contributed by atoms with E-state index in [0.717, 1.165) is 23.8 Å². The van der Waals surface area contributed by atoms with Gasteiger partial charge in [-0.2, -0.15) is 0 Å². The van der Waals surface area contributed by atoms with E-state index in [0.29, 0.717) is 0 Å². The molecule has 0 aromatic heterocycles. The van der Waals surface area contributed by atoms with Crippen LogP contribution in [0.15, 0.2) is 24.3 Å². The molecule has 158 valence electrons. The van der Waals surface area contributed by atoms with Gasteiger partial charge in [-0.05, 0) is 63.5 Å². The van der Waals surface area contributed by atoms with Crippen LogP contribution >= 0.6 is 11.6 Å². The van der Waals surface area contributed by atoms with Crippen molar-refractivity contribution < 1.29 is 24.5 Å². The molecule has 0 atom stereocenters. The standard InChI is InChI=1S/C19H30ClNO.C2H2O4/c20-18-11-10-12-19(17-18)22-16-9-5-1-2-6-13-21-14-7-3-4-8-15-21;3-1(4)2(5)6/h10-12,17H,1-9,13-16H2;(H,3,4)(H,5,6). The summed E-state index contributed by atoms with van der Waals surface area (Å²) in [5.74, 6) is -2.77. The van der Waals surface area contributed by atoms with Crippen LogP contribution in [0.2, 0.25) is 5.02 Å². The summed E-state index contributed by atoms with van der Waals surface area (Å²) >= 11 is 5.93. The van der Waals surface area contributed by atoms with E-state index >= 15 is 0 Å². The lowest BCUT2D eigenvalue weighted by Crippen LogP contribution is -2.25. The van der Waals surface area contributed by atoms with E-state index in [2.05, 4.69) is 4.90 Å². The molecule has 0 radical (unpaired) electrons. The Balaban J connectivity index is 0.000000568. The number of carboxylic acids is 2. The summed E-state index contributed by atoms with van der Waals surface area (Å²) in [6.07, 6.45) is 12.1. The van der Waals surface area contributed by atoms with E-state index in [-0.39, 0.29) is 0 Å². The van der Waals surface area contributed by atoms with E-state index in [1.165, 1.54) is 71.0 Å². The topological polar surface area (TPSA) is 87.1 Å². The average molecular weight is 414 g/mol. The van der Waals surface area contributed by atoms with Crippen molar-refractivity contribution in [2.45, 2.75) is 57.8 Å². The number of aliphatic carboxylic acids is 2. The number of unbranched alkanes of at least 4 members (excludes halogenated alkanes) is 4. The van der Waals surface area contributed by atoms with Gasteiger partial charge in [0.15, 0.2) is 0 Å². The molecule has 1 aliphatic heterocycles. The smallest absolute Gasteiger partial charge is 0.414 e. The van der Waals surface area contributed by atoms with Crippen molar-refractivity contribution in [3.8, 4) is 5.75 Å². The van der Waals surface area contributed by atoms with Crippen molar-refractivity contribution >= 4 is 23.5 Å². The van der Waals surface area contributed by atoms with Crippen molar-refractivity contribution in [3.05, 3.63) is 29.3 Å². The van der Waals surface area contributed by atoms with Crippen LogP contribution < -0.4 is 4.74 Å². The van der Waals surface area contributed by atoms with Crippen LogP contribution in [0.1, 0.15) is 57.8 Å². The molecule has 0 amide bonds. The lowest BCUT2D eigenvalue weighted by Gasteiger charge is -2.19. The number of carboxylic acid groups (broad SMARTS) is 2. The number of ether oxygens (including phenoxy) is 1. The first-order chi connectivity index (χ1) is 13.5. The molecule has 1 aromatic carbocycles. The zero-order valence-electron chi connectivity index (χ0n) is 16.4. The van der Waals surface area contributed by atoms with E-state index in [4.69, 9.17) is 36.1 Å². The Labute approximate surface area is 172 Å². The Morgan fingerprint density at radius 3 is 2.14 bits per heavy atom. The predicted molar refractivity (Wildman–Crippen MR) is 110 cm³/mol. The van der Waals surface area contributed by atoms with E-state index in [9.17, 15) is 0 Å². The minimum absolute atomic E-state index is 0.742. The summed E-state index contributed by atoms with van der Waals surface area (Å²) in [5, 5.41) is 15.5. The van der Waals surface area contributed by atoms with Crippen molar-refractivity contribution in [2.75, 3.05) is 26.2 Å². The number of hydrogen-bond acceptors (Lipinski definition) is 4. The highest BCUT2D eigenvalue weighted by atomic mass is 35.5. The maximum atomic E-state index is 9.10. The summed E-state index contributed by atoms with van der Waals surface area (Å²) < 4.78 is 5.71. The predicted octanol–water partition coefficient (Wildman–Crippen LogP) is 4.70. The van der Waals surface area contributed by atoms with Crippen molar-refractivity contribution in [2.24, 2.45) is 0 Å². The van der Waals surface area contributed by atoms with Gasteiger partial charge < -0.3 is 19.8 Å². The van der Waals surface area contributed by atoms with Gasteiger partial charge in [0.05, 0.1) is 6.61 Å². The highest BCUT2D eigenvalue weighted by Crippen LogP contribution is 2.17. The fraction of sp³-hybridized carbons (Fsp3) is 0.619. The molecule has 1 aromatic rings. The zero-order valence-corrected chi connectivity index (χ0v) is 17.2. The lowest BCUT2D eigenvalue weighted by molar-refractivity contribution is -0.159. The molecule has 28 heavy (non-hydrogen) atoms. The second kappa shape index (κ2) is 15.2. The van der Waals surface area contributed by atoms with E-state index < -0.39 is 11.9 Å². The molecule has 1 heterocycles. The summed E-state index contributed by atoms with van der Waals surface area (Å²) in [5.41, 5.74) is 0. The monoisotopic (exact) mass is 413 g/mol. The number of hydrogen-bond donors (Lipinski definition) is 2. The highest BCUT2D eigenvalue weighted by molar-refractivity contribution is 6.30. The van der Waals surface area contributed by atoms with Gasteiger partial charge in [-0.1, -0.05) is 49.8 Å². The fourth-order valence-corrected chi connectivity index (χ4v) is 3.25. The molecule has 0 bridgehead atoms. The average Bonchev–Trinajstić information content (AvgIpc) is 2.93. The molecule has 2 rings (SSSR count). The normalized spacial score (nSPS) is 14.5. The molecule has 6 nitrogen and oxygen atoms in total. The number of carbonyl (C=O) groups is 2. The van der Waals surface area contributed by atoms with Gasteiger partial charge in [0.25, 0.3) is 0 Å². The first-order valence-electron chi connectivity index (χ1n) is 10.1. The van der Waals surface area contributed by atoms with Crippen molar-refractivity contribution in [1.82, 2.24) is 4.90 Å². The first-order valence-corrected chi connectivity index (χ1v) is 10.4.